The number of nitrogens with zero attached hydrogens (tertiary/aromatic N) is 3. The minimum Gasteiger partial charge on any atom is -0.378 e. The van der Waals surface area contributed by atoms with Gasteiger partial charge in [0, 0.05) is 14.2 Å². The van der Waals surface area contributed by atoms with Gasteiger partial charge in [-0.15, -0.1) is 0 Å². The third-order valence-corrected chi connectivity index (χ3v) is 4.07. The van der Waals surface area contributed by atoms with Gasteiger partial charge in [0.05, 0.1) is 30.6 Å². The Labute approximate surface area is 126 Å². The summed E-state index contributed by atoms with van der Waals surface area (Å²) in [5.41, 5.74) is 1.80. The molecule has 0 saturated carbocycles. The number of nitrogens with one attached hydrogen (secondary N) is 1. The van der Waals surface area contributed by atoms with Gasteiger partial charge in [0.2, 0.25) is 5.91 Å². The first-order valence-corrected chi connectivity index (χ1v) is 7.59. The zero-order valence-corrected chi connectivity index (χ0v) is 13.3. The summed E-state index contributed by atoms with van der Waals surface area (Å²) in [5, 5.41) is 7.13. The highest BCUT2D eigenvalue weighted by Gasteiger charge is 2.27. The van der Waals surface area contributed by atoms with E-state index in [0.29, 0.717) is 13.2 Å². The fourth-order valence-electron chi connectivity index (χ4n) is 2.86. The Morgan fingerprint density at radius 1 is 1.52 bits per heavy atom. The van der Waals surface area contributed by atoms with E-state index >= 15 is 0 Å². The van der Waals surface area contributed by atoms with Crippen LogP contribution in [-0.4, -0.2) is 59.7 Å². The van der Waals surface area contributed by atoms with Crippen LogP contribution in [0.3, 0.4) is 0 Å². The van der Waals surface area contributed by atoms with Crippen molar-refractivity contribution in [3.63, 3.8) is 0 Å². The molecule has 1 amide bonds. The Balaban J connectivity index is 1.94. The fourth-order valence-corrected chi connectivity index (χ4v) is 2.86. The number of H-pyrrole nitrogens is 1. The highest BCUT2D eigenvalue weighted by Crippen LogP contribution is 2.17. The molecule has 21 heavy (non-hydrogen) atoms. The highest BCUT2D eigenvalue weighted by molar-refractivity contribution is 5.81. The topological polar surface area (TPSA) is 61.5 Å². The Bertz CT molecular complexity index is 460. The molecule has 1 atom stereocenters. The van der Waals surface area contributed by atoms with Gasteiger partial charge in [-0.3, -0.25) is 14.8 Å². The number of ether oxygens (including phenoxy) is 1. The first-order chi connectivity index (χ1) is 10.1. The second kappa shape index (κ2) is 7.56. The van der Waals surface area contributed by atoms with Crippen LogP contribution in [0, 0.1) is 0 Å². The van der Waals surface area contributed by atoms with Crippen LogP contribution in [0.25, 0.3) is 0 Å². The molecule has 0 aromatic carbocycles. The lowest BCUT2D eigenvalue weighted by molar-refractivity contribution is -0.135. The Kier molecular flexibility index (Phi) is 5.76. The van der Waals surface area contributed by atoms with Crippen molar-refractivity contribution in [3.05, 3.63) is 17.5 Å². The molecule has 1 aromatic rings. The summed E-state index contributed by atoms with van der Waals surface area (Å²) >= 11 is 0. The molecule has 0 spiro atoms. The lowest BCUT2D eigenvalue weighted by Crippen LogP contribution is -2.45. The normalized spacial score (nSPS) is 20.2. The largest absolute Gasteiger partial charge is 0.378 e. The maximum atomic E-state index is 12.6. The number of methoxy groups -OCH3 is 1. The summed E-state index contributed by atoms with van der Waals surface area (Å²) in [5.74, 6) is 0.197. The van der Waals surface area contributed by atoms with Gasteiger partial charge in [0.15, 0.2) is 0 Å². The van der Waals surface area contributed by atoms with Crippen molar-refractivity contribution in [3.8, 4) is 0 Å². The Morgan fingerprint density at radius 3 is 3.10 bits per heavy atom. The number of rotatable bonds is 5. The molecule has 0 aliphatic carbocycles. The van der Waals surface area contributed by atoms with Crippen molar-refractivity contribution in [2.75, 3.05) is 27.7 Å². The van der Waals surface area contributed by atoms with Crippen molar-refractivity contribution >= 4 is 5.91 Å². The predicted molar refractivity (Wildman–Crippen MR) is 80.7 cm³/mol. The SMILES string of the molecule is COCc1cc(CN(C)C(=O)[C@H]2CCCCCN2C)[nH]n1. The van der Waals surface area contributed by atoms with Crippen LogP contribution in [-0.2, 0) is 22.7 Å². The van der Waals surface area contributed by atoms with Gasteiger partial charge < -0.3 is 9.64 Å². The minimum absolute atomic E-state index is 0.0128. The number of carbonyl (C=O) groups excluding carboxylic acids is 1. The highest BCUT2D eigenvalue weighted by atomic mass is 16.5. The monoisotopic (exact) mass is 294 g/mol. The van der Waals surface area contributed by atoms with Crippen LogP contribution in [0.15, 0.2) is 6.07 Å². The molecular weight excluding hydrogens is 268 g/mol. The molecule has 6 heteroatoms. The van der Waals surface area contributed by atoms with E-state index in [2.05, 4.69) is 22.1 Å². The van der Waals surface area contributed by atoms with Crippen molar-refractivity contribution < 1.29 is 9.53 Å². The maximum Gasteiger partial charge on any atom is 0.240 e. The van der Waals surface area contributed by atoms with Crippen molar-refractivity contribution in [1.29, 1.82) is 0 Å². The van der Waals surface area contributed by atoms with Crippen LogP contribution < -0.4 is 0 Å². The van der Waals surface area contributed by atoms with Gasteiger partial charge in [0.1, 0.15) is 0 Å². The molecule has 0 radical (unpaired) electrons. The van der Waals surface area contributed by atoms with Crippen LogP contribution >= 0.6 is 0 Å². The number of hydrogen-bond acceptors (Lipinski definition) is 4. The molecule has 1 aliphatic rings. The molecule has 1 saturated heterocycles. The molecule has 0 bridgehead atoms. The van der Waals surface area contributed by atoms with Gasteiger partial charge >= 0.3 is 0 Å². The molecule has 1 N–H and O–H groups in total. The zero-order valence-electron chi connectivity index (χ0n) is 13.3. The molecule has 1 fully saturated rings. The number of amides is 1. The molecular formula is C15H26N4O2. The lowest BCUT2D eigenvalue weighted by Gasteiger charge is -2.28. The predicted octanol–water partition coefficient (Wildman–Crippen LogP) is 1.39. The number of likely N-dealkylation sites (N-methyl/N-ethyl adjacent to an activating group) is 2. The molecule has 1 aliphatic heterocycles. The lowest BCUT2D eigenvalue weighted by atomic mass is 10.1. The van der Waals surface area contributed by atoms with Crippen molar-refractivity contribution in [2.24, 2.45) is 0 Å². The average Bonchev–Trinajstić information content (AvgIpc) is 2.78. The first-order valence-electron chi connectivity index (χ1n) is 7.59. The summed E-state index contributed by atoms with van der Waals surface area (Å²) in [6.07, 6.45) is 4.50. The van der Waals surface area contributed by atoms with Gasteiger partial charge in [-0.25, -0.2) is 0 Å². The summed E-state index contributed by atoms with van der Waals surface area (Å²) in [4.78, 5) is 16.6. The van der Waals surface area contributed by atoms with Gasteiger partial charge in [-0.05, 0) is 32.5 Å². The van der Waals surface area contributed by atoms with E-state index in [1.54, 1.807) is 12.0 Å². The van der Waals surface area contributed by atoms with E-state index < -0.39 is 0 Å². The van der Waals surface area contributed by atoms with E-state index in [9.17, 15) is 4.79 Å². The Morgan fingerprint density at radius 2 is 2.33 bits per heavy atom. The van der Waals surface area contributed by atoms with Gasteiger partial charge in [0.25, 0.3) is 0 Å². The summed E-state index contributed by atoms with van der Waals surface area (Å²) in [6, 6.07) is 1.96. The molecule has 1 aromatic heterocycles. The standard InChI is InChI=1S/C15H26N4O2/c1-18-8-6-4-5-7-14(18)15(20)19(2)10-12-9-13(11-21-3)17-16-12/h9,14H,4-8,10-11H2,1-3H3,(H,16,17)/t14-/m1/s1. The van der Waals surface area contributed by atoms with E-state index in [1.165, 1.54) is 12.8 Å². The van der Waals surface area contributed by atoms with Crippen LogP contribution in [0.5, 0.6) is 0 Å². The summed E-state index contributed by atoms with van der Waals surface area (Å²) in [6.45, 7) is 2.05. The summed E-state index contributed by atoms with van der Waals surface area (Å²) in [7, 11) is 5.55. The minimum atomic E-state index is 0.0128. The number of hydrogen-bond donors (Lipinski definition) is 1. The zero-order chi connectivity index (χ0) is 15.2. The molecule has 2 heterocycles. The average molecular weight is 294 g/mol. The second-order valence-corrected chi connectivity index (χ2v) is 5.86. The molecule has 6 nitrogen and oxygen atoms in total. The number of aromatic nitrogens is 2. The van der Waals surface area contributed by atoms with Gasteiger partial charge in [-0.2, -0.15) is 5.10 Å². The second-order valence-electron chi connectivity index (χ2n) is 5.86. The van der Waals surface area contributed by atoms with E-state index in [0.717, 1.165) is 30.8 Å². The molecule has 2 rings (SSSR count). The third-order valence-electron chi connectivity index (χ3n) is 4.07. The Hall–Kier alpha value is -1.40. The smallest absolute Gasteiger partial charge is 0.240 e. The molecule has 118 valence electrons. The molecule has 0 unspecified atom stereocenters. The van der Waals surface area contributed by atoms with E-state index in [4.69, 9.17) is 4.74 Å². The van der Waals surface area contributed by atoms with Crippen molar-refractivity contribution in [2.45, 2.75) is 44.9 Å². The fraction of sp³-hybridized carbons (Fsp3) is 0.733. The van der Waals surface area contributed by atoms with E-state index in [1.807, 2.05) is 13.1 Å². The summed E-state index contributed by atoms with van der Waals surface area (Å²) < 4.78 is 5.05. The van der Waals surface area contributed by atoms with Crippen molar-refractivity contribution in [1.82, 2.24) is 20.0 Å². The van der Waals surface area contributed by atoms with Crippen LogP contribution in [0.4, 0.5) is 0 Å². The maximum absolute atomic E-state index is 12.6. The number of likely N-dealkylation sites (tertiary alicyclic amines) is 1. The number of carbonyl (C=O) groups is 1. The first kappa shape index (κ1) is 16.0. The van der Waals surface area contributed by atoms with E-state index in [-0.39, 0.29) is 11.9 Å². The number of aromatic amines is 1. The van der Waals surface area contributed by atoms with Crippen LogP contribution in [0.2, 0.25) is 0 Å². The van der Waals surface area contributed by atoms with Gasteiger partial charge in [-0.1, -0.05) is 12.8 Å². The third kappa shape index (κ3) is 4.28. The quantitative estimate of drug-likeness (QED) is 0.891. The van der Waals surface area contributed by atoms with Crippen LogP contribution in [0.1, 0.15) is 37.1 Å².